The largest absolute Gasteiger partial charge is 0.469 e. The van der Waals surface area contributed by atoms with Gasteiger partial charge in [0.1, 0.15) is 5.76 Å². The first-order chi connectivity index (χ1) is 8.41. The molecule has 0 amide bonds. The van der Waals surface area contributed by atoms with Crippen LogP contribution in [0.2, 0.25) is 0 Å². The molecule has 1 aromatic heterocycles. The van der Waals surface area contributed by atoms with Crippen LogP contribution in [0.15, 0.2) is 33.5 Å². The summed E-state index contributed by atoms with van der Waals surface area (Å²) in [5.74, 6) is -0.413. The van der Waals surface area contributed by atoms with Gasteiger partial charge in [-0.2, -0.15) is 0 Å². The van der Waals surface area contributed by atoms with E-state index in [0.717, 1.165) is 16.9 Å². The average Bonchev–Trinajstić information content (AvgIpc) is 2.81. The summed E-state index contributed by atoms with van der Waals surface area (Å²) >= 11 is 0. The molecule has 4 heteroatoms. The van der Waals surface area contributed by atoms with Crippen LogP contribution in [0.4, 0.5) is 0 Å². The van der Waals surface area contributed by atoms with Crippen LogP contribution in [-0.2, 0) is 14.3 Å². The highest BCUT2D eigenvalue weighted by Crippen LogP contribution is 2.32. The van der Waals surface area contributed by atoms with Gasteiger partial charge >= 0.3 is 11.9 Å². The molecular weight excluding hydrogens is 232 g/mol. The molecule has 0 saturated carbocycles. The Labute approximate surface area is 105 Å². The van der Waals surface area contributed by atoms with Gasteiger partial charge in [-0.3, -0.25) is 0 Å². The lowest BCUT2D eigenvalue weighted by molar-refractivity contribution is -0.149. The molecule has 94 valence electrons. The van der Waals surface area contributed by atoms with Crippen molar-refractivity contribution in [2.24, 2.45) is 0 Å². The van der Waals surface area contributed by atoms with Gasteiger partial charge in [-0.15, -0.1) is 0 Å². The number of hydrogen-bond donors (Lipinski definition) is 0. The zero-order valence-corrected chi connectivity index (χ0v) is 10.8. The first-order valence-electron chi connectivity index (χ1n) is 5.62. The van der Waals surface area contributed by atoms with E-state index in [0.29, 0.717) is 16.7 Å². The minimum absolute atomic E-state index is 0.334. The predicted molar refractivity (Wildman–Crippen MR) is 65.5 cm³/mol. The van der Waals surface area contributed by atoms with E-state index in [1.54, 1.807) is 27.0 Å². The smallest absolute Gasteiger partial charge is 0.347 e. The molecule has 0 aromatic carbocycles. The highest BCUT2D eigenvalue weighted by atomic mass is 16.6. The fraction of sp³-hybridized carbons (Fsp3) is 0.286. The third-order valence-electron chi connectivity index (χ3n) is 2.88. The zero-order chi connectivity index (χ0) is 13.4. The minimum atomic E-state index is -0.590. The molecule has 18 heavy (non-hydrogen) atoms. The van der Waals surface area contributed by atoms with Crippen molar-refractivity contribution in [3.63, 3.8) is 0 Å². The fourth-order valence-corrected chi connectivity index (χ4v) is 1.97. The molecule has 4 nitrogen and oxygen atoms in total. The van der Waals surface area contributed by atoms with E-state index in [-0.39, 0.29) is 0 Å². The van der Waals surface area contributed by atoms with Crippen molar-refractivity contribution in [1.82, 2.24) is 0 Å². The van der Waals surface area contributed by atoms with Gasteiger partial charge in [-0.1, -0.05) is 5.57 Å². The maximum atomic E-state index is 11.8. The summed E-state index contributed by atoms with van der Waals surface area (Å²) in [7, 11) is 0. The van der Waals surface area contributed by atoms with Crippen LogP contribution < -0.4 is 0 Å². The Morgan fingerprint density at radius 3 is 2.17 bits per heavy atom. The summed E-state index contributed by atoms with van der Waals surface area (Å²) in [6.07, 6.45) is 1.57. The number of carbonyl (C=O) groups excluding carboxylic acids is 2. The Bertz CT molecular complexity index is 595. The molecule has 1 fully saturated rings. The van der Waals surface area contributed by atoms with E-state index >= 15 is 0 Å². The number of cyclic esters (lactones) is 2. The van der Waals surface area contributed by atoms with E-state index in [2.05, 4.69) is 4.74 Å². The van der Waals surface area contributed by atoms with Gasteiger partial charge in [0.25, 0.3) is 0 Å². The van der Waals surface area contributed by atoms with Crippen molar-refractivity contribution in [2.45, 2.75) is 27.7 Å². The minimum Gasteiger partial charge on any atom is -0.469 e. The summed E-state index contributed by atoms with van der Waals surface area (Å²) in [5.41, 5.74) is 2.93. The van der Waals surface area contributed by atoms with Crippen LogP contribution >= 0.6 is 0 Å². The fourth-order valence-electron chi connectivity index (χ4n) is 1.97. The molecule has 0 atom stereocenters. The van der Waals surface area contributed by atoms with Crippen molar-refractivity contribution in [3.8, 4) is 0 Å². The third kappa shape index (κ3) is 1.90. The van der Waals surface area contributed by atoms with E-state index < -0.39 is 11.9 Å². The molecule has 2 heterocycles. The molecule has 1 saturated heterocycles. The molecule has 0 N–H and O–H groups in total. The predicted octanol–water partition coefficient (Wildman–Crippen LogP) is 2.78. The molecule has 0 aliphatic carbocycles. The number of hydrogen-bond acceptors (Lipinski definition) is 4. The Morgan fingerprint density at radius 1 is 1.06 bits per heavy atom. The van der Waals surface area contributed by atoms with Crippen molar-refractivity contribution in [3.05, 3.63) is 40.4 Å². The normalized spacial score (nSPS) is 18.1. The molecule has 0 spiro atoms. The quantitative estimate of drug-likeness (QED) is 0.434. The van der Waals surface area contributed by atoms with E-state index in [9.17, 15) is 9.59 Å². The second kappa shape index (κ2) is 4.29. The number of furan rings is 1. The Morgan fingerprint density at radius 2 is 1.67 bits per heavy atom. The summed E-state index contributed by atoms with van der Waals surface area (Å²) in [6.45, 7) is 7.16. The first kappa shape index (κ1) is 12.4. The maximum absolute atomic E-state index is 11.8. The summed E-state index contributed by atoms with van der Waals surface area (Å²) in [6, 6.07) is 1.82. The maximum Gasteiger partial charge on any atom is 0.347 e. The third-order valence-corrected chi connectivity index (χ3v) is 2.88. The summed E-state index contributed by atoms with van der Waals surface area (Å²) < 4.78 is 9.89. The topological polar surface area (TPSA) is 56.5 Å². The van der Waals surface area contributed by atoms with Gasteiger partial charge in [-0.25, -0.2) is 9.59 Å². The lowest BCUT2D eigenvalue weighted by atomic mass is 9.96. The van der Waals surface area contributed by atoms with Gasteiger partial charge < -0.3 is 9.15 Å². The number of esters is 2. The first-order valence-corrected chi connectivity index (χ1v) is 5.62. The zero-order valence-electron chi connectivity index (χ0n) is 10.8. The van der Waals surface area contributed by atoms with Gasteiger partial charge in [0.2, 0.25) is 0 Å². The van der Waals surface area contributed by atoms with Gasteiger partial charge in [-0.05, 0) is 39.3 Å². The highest BCUT2D eigenvalue weighted by Gasteiger charge is 2.36. The van der Waals surface area contributed by atoms with E-state index in [4.69, 9.17) is 4.42 Å². The number of carbonyl (C=O) groups is 2. The van der Waals surface area contributed by atoms with Crippen molar-refractivity contribution in [1.29, 1.82) is 0 Å². The SMILES string of the molecule is CC(C)=C1C(=O)OC(=O)/C1=C(\C)c1coc(C)c1. The number of aryl methyl sites for hydroxylation is 1. The number of ether oxygens (including phenoxy) is 1. The Hall–Kier alpha value is -2.10. The molecule has 1 aliphatic heterocycles. The summed E-state index contributed by atoms with van der Waals surface area (Å²) in [5, 5.41) is 0. The van der Waals surface area contributed by atoms with Crippen LogP contribution in [0, 0.1) is 6.92 Å². The molecule has 1 aromatic rings. The van der Waals surface area contributed by atoms with Crippen LogP contribution in [0.25, 0.3) is 5.57 Å². The lowest BCUT2D eigenvalue weighted by Crippen LogP contribution is -1.98. The van der Waals surface area contributed by atoms with Crippen LogP contribution in [0.3, 0.4) is 0 Å². The monoisotopic (exact) mass is 246 g/mol. The van der Waals surface area contributed by atoms with E-state index in [1.807, 2.05) is 13.0 Å². The molecule has 0 radical (unpaired) electrons. The summed E-state index contributed by atoms with van der Waals surface area (Å²) in [4.78, 5) is 23.4. The molecule has 0 bridgehead atoms. The second-order valence-corrected chi connectivity index (χ2v) is 4.50. The van der Waals surface area contributed by atoms with Crippen molar-refractivity contribution in [2.75, 3.05) is 0 Å². The Kier molecular flexibility index (Phi) is 2.95. The van der Waals surface area contributed by atoms with Crippen LogP contribution in [-0.4, -0.2) is 11.9 Å². The highest BCUT2D eigenvalue weighted by molar-refractivity contribution is 6.22. The van der Waals surface area contributed by atoms with Crippen LogP contribution in [0.5, 0.6) is 0 Å². The van der Waals surface area contributed by atoms with Crippen LogP contribution in [0.1, 0.15) is 32.1 Å². The van der Waals surface area contributed by atoms with Gasteiger partial charge in [0, 0.05) is 5.56 Å². The molecule has 1 aliphatic rings. The lowest BCUT2D eigenvalue weighted by Gasteiger charge is -2.02. The molecule has 2 rings (SSSR count). The van der Waals surface area contributed by atoms with E-state index in [1.165, 1.54) is 0 Å². The molecule has 0 unspecified atom stereocenters. The second-order valence-electron chi connectivity index (χ2n) is 4.50. The van der Waals surface area contributed by atoms with Gasteiger partial charge in [0.15, 0.2) is 0 Å². The number of rotatable bonds is 1. The van der Waals surface area contributed by atoms with Crippen molar-refractivity contribution >= 4 is 17.5 Å². The average molecular weight is 246 g/mol. The standard InChI is InChI=1S/C14H14O4/c1-7(2)11-12(14(16)18-13(11)15)9(4)10-5-8(3)17-6-10/h5-6H,1-4H3/b12-9+. The molecular formula is C14H14O4. The number of allylic oxidation sites excluding steroid dienone is 2. The Balaban J connectivity index is 2.64. The van der Waals surface area contributed by atoms with Gasteiger partial charge in [0.05, 0.1) is 17.4 Å². The van der Waals surface area contributed by atoms with Crippen molar-refractivity contribution < 1.29 is 18.7 Å².